The highest BCUT2D eigenvalue weighted by Crippen LogP contribution is 2.22. The lowest BCUT2D eigenvalue weighted by molar-refractivity contribution is 0.0316. The summed E-state index contributed by atoms with van der Waals surface area (Å²) < 4.78 is 23.7. The van der Waals surface area contributed by atoms with E-state index in [1.54, 1.807) is 12.1 Å². The largest absolute Gasteiger partial charge is 0.488 e. The first-order valence-corrected chi connectivity index (χ1v) is 5.85. The summed E-state index contributed by atoms with van der Waals surface area (Å²) in [6, 6.07) is 4.87. The van der Waals surface area contributed by atoms with E-state index in [1.165, 1.54) is 13.2 Å². The molecule has 0 aliphatic carbocycles. The lowest BCUT2D eigenvalue weighted by Crippen LogP contribution is -2.23. The second-order valence-corrected chi connectivity index (χ2v) is 4.12. The Hall–Kier alpha value is -1.17. The molecule has 0 amide bonds. The highest BCUT2D eigenvalue weighted by Gasteiger charge is 2.10. The van der Waals surface area contributed by atoms with Crippen LogP contribution in [0.5, 0.6) is 5.75 Å². The number of nitrogens with one attached hydrogen (secondary N) is 1. The van der Waals surface area contributed by atoms with Crippen LogP contribution in [0.2, 0.25) is 0 Å². The fraction of sp³-hybridized carbons (Fsp3) is 0.538. The summed E-state index contributed by atoms with van der Waals surface area (Å²) in [4.78, 5) is 0. The molecule has 5 heteroatoms. The van der Waals surface area contributed by atoms with E-state index in [0.29, 0.717) is 0 Å². The van der Waals surface area contributed by atoms with E-state index in [2.05, 4.69) is 5.32 Å². The van der Waals surface area contributed by atoms with Gasteiger partial charge in [-0.2, -0.15) is 0 Å². The molecule has 0 saturated carbocycles. The van der Waals surface area contributed by atoms with Crippen LogP contribution in [0.15, 0.2) is 18.2 Å². The minimum Gasteiger partial charge on any atom is -0.488 e. The van der Waals surface area contributed by atoms with E-state index in [-0.39, 0.29) is 25.0 Å². The number of benzene rings is 1. The zero-order chi connectivity index (χ0) is 13.5. The van der Waals surface area contributed by atoms with E-state index >= 15 is 0 Å². The van der Waals surface area contributed by atoms with Crippen LogP contribution in [0, 0.1) is 5.82 Å². The van der Waals surface area contributed by atoms with Crippen molar-refractivity contribution in [2.45, 2.75) is 19.1 Å². The highest BCUT2D eigenvalue weighted by atomic mass is 19.1. The number of aliphatic hydroxyl groups excluding tert-OH is 1. The number of rotatable bonds is 7. The Balaban J connectivity index is 2.62. The maximum Gasteiger partial charge on any atom is 0.165 e. The molecule has 2 atom stereocenters. The van der Waals surface area contributed by atoms with Gasteiger partial charge in [0.05, 0.1) is 6.61 Å². The van der Waals surface area contributed by atoms with Gasteiger partial charge in [-0.05, 0) is 31.7 Å². The quantitative estimate of drug-likeness (QED) is 0.777. The average Bonchev–Trinajstić information content (AvgIpc) is 2.36. The van der Waals surface area contributed by atoms with Gasteiger partial charge in [-0.25, -0.2) is 4.39 Å². The molecule has 1 rings (SSSR count). The third kappa shape index (κ3) is 4.25. The molecule has 0 fully saturated rings. The Labute approximate surface area is 107 Å². The fourth-order valence-electron chi connectivity index (χ4n) is 1.50. The maximum atomic E-state index is 13.7. The Morgan fingerprint density at radius 1 is 1.39 bits per heavy atom. The van der Waals surface area contributed by atoms with Crippen LogP contribution < -0.4 is 10.1 Å². The average molecular weight is 257 g/mol. The molecule has 0 heterocycles. The van der Waals surface area contributed by atoms with Gasteiger partial charge in [-0.3, -0.25) is 0 Å². The maximum absolute atomic E-state index is 13.7. The van der Waals surface area contributed by atoms with Crippen LogP contribution in [0.25, 0.3) is 0 Å². The molecular weight excluding hydrogens is 237 g/mol. The molecule has 2 N–H and O–H groups in total. The summed E-state index contributed by atoms with van der Waals surface area (Å²) in [5.74, 6) is -0.295. The van der Waals surface area contributed by atoms with Crippen molar-refractivity contribution in [3.63, 3.8) is 0 Å². The molecule has 0 radical (unpaired) electrons. The minimum absolute atomic E-state index is 0.00564. The van der Waals surface area contributed by atoms with Crippen molar-refractivity contribution >= 4 is 0 Å². The van der Waals surface area contributed by atoms with Crippen LogP contribution in [0.3, 0.4) is 0 Å². The SMILES string of the molecule is CNC(C)c1ccc(OCC(O)COC)c(F)c1. The number of hydrogen-bond donors (Lipinski definition) is 2. The number of methoxy groups -OCH3 is 1. The van der Waals surface area contributed by atoms with Crippen LogP contribution >= 0.6 is 0 Å². The Morgan fingerprint density at radius 3 is 2.67 bits per heavy atom. The first kappa shape index (κ1) is 14.9. The van der Waals surface area contributed by atoms with Gasteiger partial charge in [-0.1, -0.05) is 6.07 Å². The number of aliphatic hydroxyl groups is 1. The molecule has 1 aromatic rings. The Bertz CT molecular complexity index is 373. The van der Waals surface area contributed by atoms with E-state index in [9.17, 15) is 9.50 Å². The van der Waals surface area contributed by atoms with Crippen LogP contribution in [0.1, 0.15) is 18.5 Å². The third-order valence-corrected chi connectivity index (χ3v) is 2.68. The first-order chi connectivity index (χ1) is 8.58. The summed E-state index contributed by atoms with van der Waals surface area (Å²) in [7, 11) is 3.30. The van der Waals surface area contributed by atoms with Gasteiger partial charge in [-0.15, -0.1) is 0 Å². The van der Waals surface area contributed by atoms with E-state index in [4.69, 9.17) is 9.47 Å². The van der Waals surface area contributed by atoms with Crippen molar-refractivity contribution in [2.75, 3.05) is 27.4 Å². The zero-order valence-corrected chi connectivity index (χ0v) is 10.9. The standard InChI is InChI=1S/C13H20FNO3/c1-9(15-2)10-4-5-13(12(14)6-10)18-8-11(16)7-17-3/h4-6,9,11,15-16H,7-8H2,1-3H3. The van der Waals surface area contributed by atoms with E-state index in [1.807, 2.05) is 14.0 Å². The molecule has 102 valence electrons. The molecule has 4 nitrogen and oxygen atoms in total. The lowest BCUT2D eigenvalue weighted by Gasteiger charge is -2.14. The molecule has 0 spiro atoms. The summed E-state index contributed by atoms with van der Waals surface area (Å²) in [5, 5.41) is 12.4. The molecule has 18 heavy (non-hydrogen) atoms. The van der Waals surface area contributed by atoms with Crippen molar-refractivity contribution in [3.05, 3.63) is 29.6 Å². The number of ether oxygens (including phenoxy) is 2. The van der Waals surface area contributed by atoms with E-state index in [0.717, 1.165) is 5.56 Å². The minimum atomic E-state index is -0.759. The normalized spacial score (nSPS) is 14.3. The molecule has 1 aromatic carbocycles. The van der Waals surface area contributed by atoms with Crippen molar-refractivity contribution in [3.8, 4) is 5.75 Å². The van der Waals surface area contributed by atoms with E-state index < -0.39 is 11.9 Å². The van der Waals surface area contributed by atoms with Gasteiger partial charge < -0.3 is 19.9 Å². The van der Waals surface area contributed by atoms with Crippen LogP contribution in [-0.4, -0.2) is 38.6 Å². The summed E-state index contributed by atoms with van der Waals surface area (Å²) >= 11 is 0. The third-order valence-electron chi connectivity index (χ3n) is 2.68. The van der Waals surface area contributed by atoms with Gasteiger partial charge in [0.2, 0.25) is 0 Å². The van der Waals surface area contributed by atoms with Crippen molar-refractivity contribution in [1.29, 1.82) is 0 Å². The van der Waals surface area contributed by atoms with Gasteiger partial charge in [0.15, 0.2) is 11.6 Å². The van der Waals surface area contributed by atoms with Gasteiger partial charge >= 0.3 is 0 Å². The van der Waals surface area contributed by atoms with Gasteiger partial charge in [0, 0.05) is 13.2 Å². The second-order valence-electron chi connectivity index (χ2n) is 4.12. The molecular formula is C13H20FNO3. The van der Waals surface area contributed by atoms with Gasteiger partial charge in [0.25, 0.3) is 0 Å². The fourth-order valence-corrected chi connectivity index (χ4v) is 1.50. The lowest BCUT2D eigenvalue weighted by atomic mass is 10.1. The zero-order valence-electron chi connectivity index (χ0n) is 10.9. The van der Waals surface area contributed by atoms with Gasteiger partial charge in [0.1, 0.15) is 12.7 Å². The summed E-state index contributed by atoms with van der Waals surface area (Å²) in [5.41, 5.74) is 0.847. The first-order valence-electron chi connectivity index (χ1n) is 5.85. The molecule has 2 unspecified atom stereocenters. The van der Waals surface area contributed by atoms with Crippen molar-refractivity contribution in [2.24, 2.45) is 0 Å². The second kappa shape index (κ2) is 7.31. The molecule has 0 saturated heterocycles. The topological polar surface area (TPSA) is 50.7 Å². The van der Waals surface area contributed by atoms with Crippen molar-refractivity contribution < 1.29 is 19.0 Å². The Morgan fingerprint density at radius 2 is 2.11 bits per heavy atom. The number of halogens is 1. The van der Waals surface area contributed by atoms with Crippen LogP contribution in [-0.2, 0) is 4.74 Å². The summed E-state index contributed by atoms with van der Waals surface area (Å²) in [6.07, 6.45) is -0.759. The molecule has 0 aliphatic heterocycles. The molecule has 0 bridgehead atoms. The Kier molecular flexibility index (Phi) is 6.04. The summed E-state index contributed by atoms with van der Waals surface area (Å²) in [6.45, 7) is 2.11. The molecule has 0 aliphatic rings. The van der Waals surface area contributed by atoms with Crippen molar-refractivity contribution in [1.82, 2.24) is 5.32 Å². The molecule has 0 aromatic heterocycles. The number of hydrogen-bond acceptors (Lipinski definition) is 4. The predicted octanol–water partition coefficient (Wildman–Crippen LogP) is 1.49. The van der Waals surface area contributed by atoms with Crippen LogP contribution in [0.4, 0.5) is 4.39 Å². The smallest absolute Gasteiger partial charge is 0.165 e. The predicted molar refractivity (Wildman–Crippen MR) is 67.3 cm³/mol. The highest BCUT2D eigenvalue weighted by molar-refractivity contribution is 5.30. The monoisotopic (exact) mass is 257 g/mol.